The molecule has 4 aromatic rings. The zero-order chi connectivity index (χ0) is 28.4. The lowest BCUT2D eigenvalue weighted by atomic mass is 10.1. The first-order chi connectivity index (χ1) is 19.0. The standard InChI is InChI=1S/C25H26Cl2N6O4S3/c1-15(2)39(34,35)21-8-9-22(38-21)40(36,37)33-19-5-3-4-18(27)23(19)24(30-33)32-11-10-31(14-20(32)16-6-7-16)25-28-12-17(26)13-29-25/h3-5,8-9,12-13,15-16,20H,6-7,10-11,14H2,1-2H3. The Labute approximate surface area is 246 Å². The molecule has 1 unspecified atom stereocenters. The van der Waals surface area contributed by atoms with Gasteiger partial charge in [-0.3, -0.25) is 0 Å². The normalized spacial score (nSPS) is 18.7. The van der Waals surface area contributed by atoms with E-state index in [-0.39, 0.29) is 14.5 Å². The van der Waals surface area contributed by atoms with E-state index in [4.69, 9.17) is 23.2 Å². The SMILES string of the molecule is CC(C)S(=O)(=O)c1ccc(S(=O)(=O)n2nc(N3CCN(c4ncc(Cl)cn4)CC3C3CC3)c3c(Cl)cccc32)s1. The van der Waals surface area contributed by atoms with Crippen molar-refractivity contribution in [1.82, 2.24) is 19.2 Å². The highest BCUT2D eigenvalue weighted by Gasteiger charge is 2.42. The van der Waals surface area contributed by atoms with Gasteiger partial charge in [-0.15, -0.1) is 16.4 Å². The first kappa shape index (κ1) is 27.7. The summed E-state index contributed by atoms with van der Waals surface area (Å²) in [6.07, 6.45) is 5.27. The monoisotopic (exact) mass is 640 g/mol. The van der Waals surface area contributed by atoms with Gasteiger partial charge in [0.15, 0.2) is 15.7 Å². The maximum Gasteiger partial charge on any atom is 0.293 e. The molecule has 1 aromatic carbocycles. The van der Waals surface area contributed by atoms with Gasteiger partial charge in [-0.2, -0.15) is 12.5 Å². The molecule has 6 rings (SSSR count). The van der Waals surface area contributed by atoms with Crippen LogP contribution < -0.4 is 9.80 Å². The van der Waals surface area contributed by atoms with Crippen LogP contribution in [0.4, 0.5) is 11.8 Å². The van der Waals surface area contributed by atoms with Crippen molar-refractivity contribution in [2.24, 2.45) is 5.92 Å². The summed E-state index contributed by atoms with van der Waals surface area (Å²) in [6.45, 7) is 4.92. The van der Waals surface area contributed by atoms with Crippen LogP contribution in [0.3, 0.4) is 0 Å². The summed E-state index contributed by atoms with van der Waals surface area (Å²) < 4.78 is 54.0. The Bertz CT molecular complexity index is 1800. The molecule has 2 fully saturated rings. The molecule has 0 bridgehead atoms. The smallest absolute Gasteiger partial charge is 0.293 e. The van der Waals surface area contributed by atoms with Crippen molar-refractivity contribution in [2.75, 3.05) is 29.4 Å². The summed E-state index contributed by atoms with van der Waals surface area (Å²) in [4.78, 5) is 13.0. The number of benzene rings is 1. The lowest BCUT2D eigenvalue weighted by Crippen LogP contribution is -2.55. The quantitative estimate of drug-likeness (QED) is 0.283. The van der Waals surface area contributed by atoms with E-state index < -0.39 is 25.1 Å². The maximum absolute atomic E-state index is 13.9. The number of anilines is 2. The minimum Gasteiger partial charge on any atom is -0.348 e. The Kier molecular flexibility index (Phi) is 7.01. The molecule has 1 saturated carbocycles. The molecule has 4 heterocycles. The van der Waals surface area contributed by atoms with Gasteiger partial charge in [0.25, 0.3) is 10.0 Å². The highest BCUT2D eigenvalue weighted by molar-refractivity contribution is 7.95. The Morgan fingerprint density at radius 1 is 0.975 bits per heavy atom. The van der Waals surface area contributed by atoms with Gasteiger partial charge in [0.2, 0.25) is 5.95 Å². The van der Waals surface area contributed by atoms with E-state index in [2.05, 4.69) is 24.9 Å². The van der Waals surface area contributed by atoms with Gasteiger partial charge in [0.05, 0.1) is 44.6 Å². The molecular weight excluding hydrogens is 615 g/mol. The van der Waals surface area contributed by atoms with Crippen LogP contribution in [0.15, 0.2) is 51.1 Å². The van der Waals surface area contributed by atoms with Crippen LogP contribution in [0.25, 0.3) is 10.9 Å². The van der Waals surface area contributed by atoms with E-state index in [1.165, 1.54) is 12.1 Å². The van der Waals surface area contributed by atoms with E-state index >= 15 is 0 Å². The third-order valence-electron chi connectivity index (χ3n) is 7.29. The van der Waals surface area contributed by atoms with Gasteiger partial charge < -0.3 is 9.80 Å². The molecule has 1 saturated heterocycles. The molecule has 0 radical (unpaired) electrons. The van der Waals surface area contributed by atoms with Crippen molar-refractivity contribution < 1.29 is 16.8 Å². The van der Waals surface area contributed by atoms with E-state index in [0.717, 1.165) is 28.3 Å². The predicted octanol–water partition coefficient (Wildman–Crippen LogP) is 4.72. The minimum atomic E-state index is -4.21. The van der Waals surface area contributed by atoms with Gasteiger partial charge in [-0.25, -0.2) is 18.4 Å². The van der Waals surface area contributed by atoms with Crippen molar-refractivity contribution >= 4 is 77.1 Å². The third-order valence-corrected chi connectivity index (χ3v) is 13.6. The second kappa shape index (κ2) is 10.1. The van der Waals surface area contributed by atoms with Crippen molar-refractivity contribution in [2.45, 2.75) is 46.4 Å². The molecule has 2 aliphatic rings. The second-order valence-electron chi connectivity index (χ2n) is 10.2. The summed E-state index contributed by atoms with van der Waals surface area (Å²) in [5.74, 6) is 1.50. The fraction of sp³-hybridized carbons (Fsp3) is 0.400. The van der Waals surface area contributed by atoms with Gasteiger partial charge in [0, 0.05) is 19.6 Å². The minimum absolute atomic E-state index is 0.00475. The Morgan fingerprint density at radius 3 is 2.35 bits per heavy atom. The van der Waals surface area contributed by atoms with E-state index in [1.54, 1.807) is 44.4 Å². The zero-order valence-corrected chi connectivity index (χ0v) is 25.6. The number of piperazine rings is 1. The van der Waals surface area contributed by atoms with Gasteiger partial charge >= 0.3 is 0 Å². The average Bonchev–Trinajstić information content (AvgIpc) is 3.48. The maximum atomic E-state index is 13.9. The molecule has 1 aliphatic heterocycles. The van der Waals surface area contributed by atoms with E-state index in [9.17, 15) is 16.8 Å². The predicted molar refractivity (Wildman–Crippen MR) is 157 cm³/mol. The summed E-state index contributed by atoms with van der Waals surface area (Å²) >= 11 is 13.4. The Morgan fingerprint density at radius 2 is 1.68 bits per heavy atom. The van der Waals surface area contributed by atoms with Crippen molar-refractivity contribution in [1.29, 1.82) is 0 Å². The summed E-state index contributed by atoms with van der Waals surface area (Å²) in [6, 6.07) is 7.77. The largest absolute Gasteiger partial charge is 0.348 e. The highest BCUT2D eigenvalue weighted by Crippen LogP contribution is 2.43. The average molecular weight is 642 g/mol. The van der Waals surface area contributed by atoms with Crippen molar-refractivity contribution in [3.63, 3.8) is 0 Å². The first-order valence-electron chi connectivity index (χ1n) is 12.7. The topological polar surface area (TPSA) is 118 Å². The van der Waals surface area contributed by atoms with Crippen LogP contribution in [-0.2, 0) is 19.9 Å². The van der Waals surface area contributed by atoms with Crippen LogP contribution in [-0.4, -0.2) is 66.9 Å². The third kappa shape index (κ3) is 4.75. The van der Waals surface area contributed by atoms with Crippen molar-refractivity contribution in [3.05, 3.63) is 52.8 Å². The number of sulfone groups is 1. The Hall–Kier alpha value is -2.45. The van der Waals surface area contributed by atoms with E-state index in [1.807, 2.05) is 0 Å². The molecule has 3 aromatic heterocycles. The highest BCUT2D eigenvalue weighted by atomic mass is 35.5. The molecule has 0 amide bonds. The zero-order valence-electron chi connectivity index (χ0n) is 21.6. The number of rotatable bonds is 7. The summed E-state index contributed by atoms with van der Waals surface area (Å²) in [7, 11) is -7.84. The van der Waals surface area contributed by atoms with Crippen LogP contribution in [0.5, 0.6) is 0 Å². The van der Waals surface area contributed by atoms with Crippen LogP contribution >= 0.6 is 34.5 Å². The summed E-state index contributed by atoms with van der Waals surface area (Å²) in [5, 5.41) is 5.39. The lowest BCUT2D eigenvalue weighted by Gasteiger charge is -2.42. The molecule has 0 N–H and O–H groups in total. The molecule has 1 aliphatic carbocycles. The number of hydrogen-bond donors (Lipinski definition) is 0. The van der Waals surface area contributed by atoms with Gasteiger partial charge in [-0.1, -0.05) is 29.3 Å². The first-order valence-corrected chi connectivity index (χ1v) is 17.3. The molecule has 10 nitrogen and oxygen atoms in total. The molecular formula is C25H26Cl2N6O4S3. The number of halogens is 2. The fourth-order valence-corrected chi connectivity index (χ4v) is 9.91. The number of nitrogens with zero attached hydrogens (tertiary/aromatic N) is 6. The van der Waals surface area contributed by atoms with Crippen LogP contribution in [0, 0.1) is 5.92 Å². The van der Waals surface area contributed by atoms with E-state index in [0.29, 0.717) is 58.3 Å². The number of aromatic nitrogens is 4. The van der Waals surface area contributed by atoms with Gasteiger partial charge in [-0.05, 0) is 56.9 Å². The second-order valence-corrected chi connectivity index (χ2v) is 16.9. The number of fused-ring (bicyclic) bond motifs is 1. The molecule has 40 heavy (non-hydrogen) atoms. The lowest BCUT2D eigenvalue weighted by molar-refractivity contribution is 0.470. The molecule has 212 valence electrons. The fourth-order valence-electron chi connectivity index (χ4n) is 4.99. The number of thiophene rings is 1. The molecule has 1 atom stereocenters. The van der Waals surface area contributed by atoms with Crippen LogP contribution in [0.1, 0.15) is 26.7 Å². The number of hydrogen-bond acceptors (Lipinski definition) is 10. The van der Waals surface area contributed by atoms with Crippen molar-refractivity contribution in [3.8, 4) is 0 Å². The van der Waals surface area contributed by atoms with Gasteiger partial charge in [0.1, 0.15) is 8.42 Å². The summed E-state index contributed by atoms with van der Waals surface area (Å²) in [5.41, 5.74) is 0.335. The molecule has 0 spiro atoms. The Balaban J connectivity index is 1.41. The van der Waals surface area contributed by atoms with Crippen LogP contribution in [0.2, 0.25) is 10.0 Å². The molecule has 15 heteroatoms.